The van der Waals surface area contributed by atoms with Crippen LogP contribution in [0.5, 0.6) is 0 Å². The van der Waals surface area contributed by atoms with E-state index < -0.39 is 36.4 Å². The smallest absolute Gasteiger partial charge is 0.337 e. The summed E-state index contributed by atoms with van der Waals surface area (Å²) in [5.41, 5.74) is 0. The van der Waals surface area contributed by atoms with Gasteiger partial charge >= 0.3 is 11.9 Å². The summed E-state index contributed by atoms with van der Waals surface area (Å²) in [5, 5.41) is 38.4. The second-order valence-corrected chi connectivity index (χ2v) is 4.91. The molecular weight excluding hydrogens is 296 g/mol. The van der Waals surface area contributed by atoms with E-state index in [2.05, 4.69) is 9.47 Å². The maximum Gasteiger partial charge on any atom is 0.337 e. The largest absolute Gasteiger partial charge is 0.464 e. The minimum Gasteiger partial charge on any atom is -0.464 e. The van der Waals surface area contributed by atoms with Crippen molar-refractivity contribution in [3.8, 4) is 0 Å². The molecule has 0 amide bonds. The van der Waals surface area contributed by atoms with Gasteiger partial charge in [-0.25, -0.2) is 9.59 Å². The standard InChI is InChI=1S/C14H26O8/c1-3-5-7-21-13(19)11(17)9(15)10(16)12(18)14(20)22-8-6-4-2/h9-12,15-18H,3-8H2,1-2H3/t9-,10?,11+,12-/m1/s1. The minimum absolute atomic E-state index is 0.0663. The van der Waals surface area contributed by atoms with Gasteiger partial charge in [0.05, 0.1) is 13.2 Å². The number of ether oxygens (including phenoxy) is 2. The molecule has 0 aliphatic carbocycles. The van der Waals surface area contributed by atoms with Crippen LogP contribution in [0, 0.1) is 0 Å². The van der Waals surface area contributed by atoms with Crippen molar-refractivity contribution < 1.29 is 39.5 Å². The van der Waals surface area contributed by atoms with Crippen molar-refractivity contribution in [2.45, 2.75) is 63.9 Å². The van der Waals surface area contributed by atoms with E-state index in [9.17, 15) is 30.0 Å². The first kappa shape index (κ1) is 20.8. The van der Waals surface area contributed by atoms with E-state index in [1.165, 1.54) is 0 Å². The van der Waals surface area contributed by atoms with E-state index in [0.717, 1.165) is 12.8 Å². The monoisotopic (exact) mass is 322 g/mol. The first-order valence-corrected chi connectivity index (χ1v) is 7.42. The van der Waals surface area contributed by atoms with Gasteiger partial charge in [0.25, 0.3) is 0 Å². The molecule has 1 unspecified atom stereocenters. The van der Waals surface area contributed by atoms with Crippen LogP contribution in [-0.2, 0) is 19.1 Å². The van der Waals surface area contributed by atoms with Gasteiger partial charge in [-0.15, -0.1) is 0 Å². The summed E-state index contributed by atoms with van der Waals surface area (Å²) in [6.07, 6.45) is -5.54. The Labute approximate surface area is 129 Å². The Hall–Kier alpha value is -1.22. The number of carbonyl (C=O) groups excluding carboxylic acids is 2. The third-order valence-corrected chi connectivity index (χ3v) is 2.96. The van der Waals surface area contributed by atoms with Crippen LogP contribution in [-0.4, -0.2) is 70.0 Å². The summed E-state index contributed by atoms with van der Waals surface area (Å²) < 4.78 is 9.35. The molecule has 0 heterocycles. The lowest BCUT2D eigenvalue weighted by molar-refractivity contribution is -0.179. The van der Waals surface area contributed by atoms with Crippen LogP contribution in [0.2, 0.25) is 0 Å². The zero-order valence-corrected chi connectivity index (χ0v) is 13.0. The van der Waals surface area contributed by atoms with E-state index in [0.29, 0.717) is 12.8 Å². The molecule has 0 radical (unpaired) electrons. The Kier molecular flexibility index (Phi) is 10.7. The van der Waals surface area contributed by atoms with Gasteiger partial charge in [-0.3, -0.25) is 0 Å². The van der Waals surface area contributed by atoms with Crippen LogP contribution in [0.15, 0.2) is 0 Å². The average molecular weight is 322 g/mol. The van der Waals surface area contributed by atoms with E-state index in [-0.39, 0.29) is 13.2 Å². The van der Waals surface area contributed by atoms with Crippen LogP contribution >= 0.6 is 0 Å². The lowest BCUT2D eigenvalue weighted by Crippen LogP contribution is -2.50. The Balaban J connectivity index is 4.39. The fraction of sp³-hybridized carbons (Fsp3) is 0.857. The summed E-state index contributed by atoms with van der Waals surface area (Å²) in [4.78, 5) is 22.9. The fourth-order valence-electron chi connectivity index (χ4n) is 1.46. The molecule has 0 aromatic heterocycles. The van der Waals surface area contributed by atoms with Gasteiger partial charge in [0.1, 0.15) is 12.2 Å². The SMILES string of the molecule is CCCCOC(=O)[C@@H](O)[C@H](O)C(O)[C@@H](O)C(=O)OCCCC. The molecule has 0 saturated heterocycles. The predicted octanol–water partition coefficient (Wildman–Crippen LogP) is -0.883. The molecule has 4 N–H and O–H groups in total. The molecular formula is C14H26O8. The average Bonchev–Trinajstić information content (AvgIpc) is 2.52. The van der Waals surface area contributed by atoms with Gasteiger partial charge in [-0.2, -0.15) is 0 Å². The fourth-order valence-corrected chi connectivity index (χ4v) is 1.46. The van der Waals surface area contributed by atoms with Gasteiger partial charge in [-0.05, 0) is 12.8 Å². The number of hydrogen-bond donors (Lipinski definition) is 4. The molecule has 0 saturated carbocycles. The predicted molar refractivity (Wildman–Crippen MR) is 75.8 cm³/mol. The Morgan fingerprint density at radius 2 is 1.09 bits per heavy atom. The number of esters is 2. The highest BCUT2D eigenvalue weighted by atomic mass is 16.6. The highest BCUT2D eigenvalue weighted by Crippen LogP contribution is 2.09. The van der Waals surface area contributed by atoms with Crippen LogP contribution in [0.25, 0.3) is 0 Å². The number of unbranched alkanes of at least 4 members (excludes halogenated alkanes) is 2. The van der Waals surface area contributed by atoms with Crippen molar-refractivity contribution in [2.75, 3.05) is 13.2 Å². The molecule has 130 valence electrons. The summed E-state index contributed by atoms with van der Waals surface area (Å²) in [6.45, 7) is 3.89. The lowest BCUT2D eigenvalue weighted by atomic mass is 10.0. The Bertz CT molecular complexity index is 301. The van der Waals surface area contributed by atoms with E-state index in [1.54, 1.807) is 0 Å². The second kappa shape index (κ2) is 11.4. The maximum absolute atomic E-state index is 11.4. The zero-order chi connectivity index (χ0) is 17.1. The Morgan fingerprint density at radius 1 is 0.773 bits per heavy atom. The molecule has 22 heavy (non-hydrogen) atoms. The van der Waals surface area contributed by atoms with E-state index in [1.807, 2.05) is 13.8 Å². The van der Waals surface area contributed by atoms with Crippen molar-refractivity contribution in [3.05, 3.63) is 0 Å². The van der Waals surface area contributed by atoms with Crippen molar-refractivity contribution in [3.63, 3.8) is 0 Å². The van der Waals surface area contributed by atoms with Crippen molar-refractivity contribution in [1.82, 2.24) is 0 Å². The first-order chi connectivity index (χ1) is 10.4. The highest BCUT2D eigenvalue weighted by molar-refractivity contribution is 5.77. The van der Waals surface area contributed by atoms with E-state index >= 15 is 0 Å². The maximum atomic E-state index is 11.4. The van der Waals surface area contributed by atoms with Crippen LogP contribution in [0.4, 0.5) is 0 Å². The summed E-state index contributed by atoms with van der Waals surface area (Å²) in [6, 6.07) is 0. The van der Waals surface area contributed by atoms with Gasteiger partial charge in [0, 0.05) is 0 Å². The highest BCUT2D eigenvalue weighted by Gasteiger charge is 2.38. The van der Waals surface area contributed by atoms with E-state index in [4.69, 9.17) is 0 Å². The minimum atomic E-state index is -2.07. The van der Waals surface area contributed by atoms with Crippen LogP contribution < -0.4 is 0 Å². The molecule has 0 fully saturated rings. The summed E-state index contributed by atoms with van der Waals surface area (Å²) >= 11 is 0. The summed E-state index contributed by atoms with van der Waals surface area (Å²) in [7, 11) is 0. The normalized spacial score (nSPS) is 16.5. The van der Waals surface area contributed by atoms with Gasteiger partial charge in [0.15, 0.2) is 12.2 Å². The van der Waals surface area contributed by atoms with Crippen molar-refractivity contribution in [2.24, 2.45) is 0 Å². The topological polar surface area (TPSA) is 134 Å². The quantitative estimate of drug-likeness (QED) is 0.284. The number of rotatable bonds is 11. The molecule has 0 aromatic carbocycles. The van der Waals surface area contributed by atoms with Gasteiger partial charge in [0.2, 0.25) is 0 Å². The number of carbonyl (C=O) groups is 2. The molecule has 0 spiro atoms. The first-order valence-electron chi connectivity index (χ1n) is 7.42. The molecule has 8 heteroatoms. The zero-order valence-electron chi connectivity index (χ0n) is 13.0. The third-order valence-electron chi connectivity index (χ3n) is 2.96. The molecule has 0 aliphatic rings. The molecule has 0 aromatic rings. The summed E-state index contributed by atoms with van der Waals surface area (Å²) in [5.74, 6) is -2.27. The number of aliphatic hydroxyl groups is 4. The Morgan fingerprint density at radius 3 is 1.36 bits per heavy atom. The number of hydrogen-bond acceptors (Lipinski definition) is 8. The second-order valence-electron chi connectivity index (χ2n) is 4.91. The molecule has 0 rings (SSSR count). The van der Waals surface area contributed by atoms with Gasteiger partial charge < -0.3 is 29.9 Å². The lowest BCUT2D eigenvalue weighted by Gasteiger charge is -2.24. The third kappa shape index (κ3) is 7.17. The van der Waals surface area contributed by atoms with Crippen LogP contribution in [0.3, 0.4) is 0 Å². The molecule has 0 bridgehead atoms. The number of aliphatic hydroxyl groups excluding tert-OH is 4. The molecule has 0 aliphatic heterocycles. The van der Waals surface area contributed by atoms with Crippen molar-refractivity contribution in [1.29, 1.82) is 0 Å². The van der Waals surface area contributed by atoms with Crippen molar-refractivity contribution >= 4 is 11.9 Å². The molecule has 4 atom stereocenters. The van der Waals surface area contributed by atoms with Crippen LogP contribution in [0.1, 0.15) is 39.5 Å². The van der Waals surface area contributed by atoms with Gasteiger partial charge in [-0.1, -0.05) is 26.7 Å². The molecule has 8 nitrogen and oxygen atoms in total.